The number of benzene rings is 2. The Morgan fingerprint density at radius 3 is 2.44 bits per heavy atom. The van der Waals surface area contributed by atoms with Crippen LogP contribution in [0.5, 0.6) is 0 Å². The standard InChI is InChI=1S/C22H27N3O2/c1-15-11-16(2)22(17(3)12-15)23-20(26)13-24(4)14-21(27)25-10-9-18-7-5-6-8-19(18)25/h5-8,11-12H,9-10,13-14H2,1-4H3,(H,23,26). The summed E-state index contributed by atoms with van der Waals surface area (Å²) < 4.78 is 0. The predicted molar refractivity (Wildman–Crippen MR) is 109 cm³/mol. The molecule has 3 rings (SSSR count). The van der Waals surface area contributed by atoms with Crippen molar-refractivity contribution in [2.24, 2.45) is 0 Å². The maximum absolute atomic E-state index is 12.7. The molecule has 0 bridgehead atoms. The zero-order chi connectivity index (χ0) is 19.6. The molecule has 142 valence electrons. The fourth-order valence-electron chi connectivity index (χ4n) is 3.77. The molecule has 0 unspecified atom stereocenters. The van der Waals surface area contributed by atoms with Crippen molar-refractivity contribution in [3.8, 4) is 0 Å². The maximum Gasteiger partial charge on any atom is 0.241 e. The molecule has 1 aliphatic rings. The minimum Gasteiger partial charge on any atom is -0.324 e. The van der Waals surface area contributed by atoms with Crippen molar-refractivity contribution in [3.05, 3.63) is 58.7 Å². The fraction of sp³-hybridized carbons (Fsp3) is 0.364. The molecule has 0 aliphatic carbocycles. The Kier molecular flexibility index (Phi) is 5.61. The Morgan fingerprint density at radius 1 is 1.07 bits per heavy atom. The van der Waals surface area contributed by atoms with E-state index in [1.54, 1.807) is 11.9 Å². The van der Waals surface area contributed by atoms with Gasteiger partial charge in [-0.3, -0.25) is 14.5 Å². The molecular weight excluding hydrogens is 338 g/mol. The number of hydrogen-bond acceptors (Lipinski definition) is 3. The summed E-state index contributed by atoms with van der Waals surface area (Å²) in [5.41, 5.74) is 6.33. The van der Waals surface area contributed by atoms with Gasteiger partial charge in [-0.1, -0.05) is 35.9 Å². The van der Waals surface area contributed by atoms with E-state index in [0.29, 0.717) is 6.54 Å². The maximum atomic E-state index is 12.7. The van der Waals surface area contributed by atoms with Crippen LogP contribution < -0.4 is 10.2 Å². The van der Waals surface area contributed by atoms with Gasteiger partial charge < -0.3 is 10.2 Å². The molecule has 0 spiro atoms. The number of carbonyl (C=O) groups is 2. The van der Waals surface area contributed by atoms with Crippen LogP contribution in [0.2, 0.25) is 0 Å². The highest BCUT2D eigenvalue weighted by atomic mass is 16.2. The van der Waals surface area contributed by atoms with Gasteiger partial charge in [-0.25, -0.2) is 0 Å². The first-order chi connectivity index (χ1) is 12.8. The first-order valence-corrected chi connectivity index (χ1v) is 9.29. The summed E-state index contributed by atoms with van der Waals surface area (Å²) >= 11 is 0. The van der Waals surface area contributed by atoms with E-state index in [-0.39, 0.29) is 24.9 Å². The lowest BCUT2D eigenvalue weighted by molar-refractivity contribution is -0.120. The lowest BCUT2D eigenvalue weighted by Crippen LogP contribution is -2.41. The third-order valence-electron chi connectivity index (χ3n) is 4.95. The summed E-state index contributed by atoms with van der Waals surface area (Å²) in [6.07, 6.45) is 0.887. The number of nitrogens with one attached hydrogen (secondary N) is 1. The number of anilines is 2. The molecule has 5 heteroatoms. The molecule has 0 saturated heterocycles. The minimum atomic E-state index is -0.109. The normalized spacial score (nSPS) is 13.0. The van der Waals surface area contributed by atoms with E-state index < -0.39 is 0 Å². The molecule has 0 saturated carbocycles. The Labute approximate surface area is 161 Å². The van der Waals surface area contributed by atoms with E-state index in [4.69, 9.17) is 0 Å². The highest BCUT2D eigenvalue weighted by Crippen LogP contribution is 2.27. The van der Waals surface area contributed by atoms with E-state index in [9.17, 15) is 9.59 Å². The van der Waals surface area contributed by atoms with E-state index in [0.717, 1.165) is 28.9 Å². The van der Waals surface area contributed by atoms with Gasteiger partial charge in [0, 0.05) is 17.9 Å². The predicted octanol–water partition coefficient (Wildman–Crippen LogP) is 3.07. The van der Waals surface area contributed by atoms with Crippen LogP contribution >= 0.6 is 0 Å². The van der Waals surface area contributed by atoms with Gasteiger partial charge in [0.25, 0.3) is 0 Å². The number of nitrogens with zero attached hydrogens (tertiary/aromatic N) is 2. The first kappa shape index (κ1) is 19.1. The molecule has 0 fully saturated rings. The van der Waals surface area contributed by atoms with Crippen molar-refractivity contribution in [1.82, 2.24) is 4.90 Å². The lowest BCUT2D eigenvalue weighted by Gasteiger charge is -2.22. The number of amides is 2. The lowest BCUT2D eigenvalue weighted by atomic mass is 10.1. The summed E-state index contributed by atoms with van der Waals surface area (Å²) in [7, 11) is 1.80. The molecule has 0 aromatic heterocycles. The molecule has 1 N–H and O–H groups in total. The summed E-state index contributed by atoms with van der Waals surface area (Å²) in [6, 6.07) is 12.1. The van der Waals surface area contributed by atoms with Crippen molar-refractivity contribution in [1.29, 1.82) is 0 Å². The first-order valence-electron chi connectivity index (χ1n) is 9.29. The molecule has 5 nitrogen and oxygen atoms in total. The van der Waals surface area contributed by atoms with E-state index in [1.807, 2.05) is 43.9 Å². The van der Waals surface area contributed by atoms with Crippen LogP contribution in [0.25, 0.3) is 0 Å². The highest BCUT2D eigenvalue weighted by Gasteiger charge is 2.25. The van der Waals surface area contributed by atoms with Crippen LogP contribution in [0.4, 0.5) is 11.4 Å². The van der Waals surface area contributed by atoms with Crippen LogP contribution in [-0.4, -0.2) is 43.4 Å². The smallest absolute Gasteiger partial charge is 0.241 e. The molecule has 1 heterocycles. The molecule has 1 aliphatic heterocycles. The highest BCUT2D eigenvalue weighted by molar-refractivity contribution is 5.98. The van der Waals surface area contributed by atoms with Gasteiger partial charge in [0.1, 0.15) is 0 Å². The summed E-state index contributed by atoms with van der Waals surface area (Å²) in [5.74, 6) is -0.0832. The third kappa shape index (κ3) is 4.37. The molecule has 2 aromatic carbocycles. The molecular formula is C22H27N3O2. The van der Waals surface area contributed by atoms with Crippen molar-refractivity contribution < 1.29 is 9.59 Å². The van der Waals surface area contributed by atoms with Crippen LogP contribution in [0.1, 0.15) is 22.3 Å². The van der Waals surface area contributed by atoms with Crippen LogP contribution in [0.3, 0.4) is 0 Å². The van der Waals surface area contributed by atoms with Crippen molar-refractivity contribution in [2.45, 2.75) is 27.2 Å². The van der Waals surface area contributed by atoms with Crippen LogP contribution in [0.15, 0.2) is 36.4 Å². The number of fused-ring (bicyclic) bond motifs is 1. The second-order valence-electron chi connectivity index (χ2n) is 7.42. The largest absolute Gasteiger partial charge is 0.324 e. The average molecular weight is 365 g/mol. The minimum absolute atomic E-state index is 0.0259. The SMILES string of the molecule is Cc1cc(C)c(NC(=O)CN(C)CC(=O)N2CCc3ccccc32)c(C)c1. The molecule has 0 atom stereocenters. The van der Waals surface area contributed by atoms with Gasteiger partial charge in [-0.15, -0.1) is 0 Å². The van der Waals surface area contributed by atoms with Crippen LogP contribution in [0, 0.1) is 20.8 Å². The number of para-hydroxylation sites is 1. The Hall–Kier alpha value is -2.66. The zero-order valence-electron chi connectivity index (χ0n) is 16.5. The van der Waals surface area contributed by atoms with E-state index in [1.165, 1.54) is 11.1 Å². The Morgan fingerprint density at radius 2 is 1.74 bits per heavy atom. The van der Waals surface area contributed by atoms with Crippen molar-refractivity contribution in [3.63, 3.8) is 0 Å². The van der Waals surface area contributed by atoms with Gasteiger partial charge in [0.05, 0.1) is 13.1 Å². The number of rotatable bonds is 5. The van der Waals surface area contributed by atoms with E-state index >= 15 is 0 Å². The Bertz CT molecular complexity index is 853. The van der Waals surface area contributed by atoms with E-state index in [2.05, 4.69) is 23.5 Å². The van der Waals surface area contributed by atoms with Gasteiger partial charge in [-0.2, -0.15) is 0 Å². The zero-order valence-corrected chi connectivity index (χ0v) is 16.5. The summed E-state index contributed by atoms with van der Waals surface area (Å²) in [5, 5.41) is 2.99. The monoisotopic (exact) mass is 365 g/mol. The third-order valence-corrected chi connectivity index (χ3v) is 4.95. The molecule has 0 radical (unpaired) electrons. The summed E-state index contributed by atoms with van der Waals surface area (Å²) in [4.78, 5) is 28.7. The van der Waals surface area contributed by atoms with Gasteiger partial charge in [0.15, 0.2) is 0 Å². The number of likely N-dealkylation sites (N-methyl/N-ethyl adjacent to an activating group) is 1. The topological polar surface area (TPSA) is 52.7 Å². The number of hydrogen-bond donors (Lipinski definition) is 1. The molecule has 2 aromatic rings. The molecule has 2 amide bonds. The van der Waals surface area contributed by atoms with Gasteiger partial charge in [-0.05, 0) is 57.0 Å². The number of carbonyl (C=O) groups excluding carboxylic acids is 2. The summed E-state index contributed by atoms with van der Waals surface area (Å²) in [6.45, 7) is 7.13. The van der Waals surface area contributed by atoms with Crippen molar-refractivity contribution >= 4 is 23.2 Å². The van der Waals surface area contributed by atoms with Gasteiger partial charge >= 0.3 is 0 Å². The second-order valence-corrected chi connectivity index (χ2v) is 7.42. The fourth-order valence-corrected chi connectivity index (χ4v) is 3.77. The van der Waals surface area contributed by atoms with Crippen molar-refractivity contribution in [2.75, 3.05) is 36.9 Å². The van der Waals surface area contributed by atoms with Crippen LogP contribution in [-0.2, 0) is 16.0 Å². The quantitative estimate of drug-likeness (QED) is 0.886. The average Bonchev–Trinajstić information content (AvgIpc) is 3.02. The van der Waals surface area contributed by atoms with Gasteiger partial charge in [0.2, 0.25) is 11.8 Å². The molecule has 27 heavy (non-hydrogen) atoms. The Balaban J connectivity index is 1.57. The number of aryl methyl sites for hydroxylation is 3. The second kappa shape index (κ2) is 7.92.